The summed E-state index contributed by atoms with van der Waals surface area (Å²) >= 11 is 11.7. The molecule has 2 rings (SSSR count). The Balaban J connectivity index is 2.32. The molecule has 6 nitrogen and oxygen atoms in total. The van der Waals surface area contributed by atoms with Gasteiger partial charge in [0.25, 0.3) is 5.43 Å². The summed E-state index contributed by atoms with van der Waals surface area (Å²) in [6.45, 7) is -0.193. The minimum absolute atomic E-state index is 0.193. The van der Waals surface area contributed by atoms with E-state index in [4.69, 9.17) is 23.2 Å². The van der Waals surface area contributed by atoms with Crippen molar-refractivity contribution < 1.29 is 9.72 Å². The number of carbonyl (C=O) groups is 1. The lowest BCUT2D eigenvalue weighted by atomic mass is 10.1. The van der Waals surface area contributed by atoms with Crippen molar-refractivity contribution in [2.75, 3.05) is 0 Å². The van der Waals surface area contributed by atoms with E-state index in [-0.39, 0.29) is 22.9 Å². The summed E-state index contributed by atoms with van der Waals surface area (Å²) in [6, 6.07) is 5.49. The molecule has 0 spiro atoms. The molecule has 0 bridgehead atoms. The third-order valence-corrected chi connectivity index (χ3v) is 3.27. The maximum Gasteiger partial charge on any atom is 0.332 e. The highest BCUT2D eigenvalue weighted by Gasteiger charge is 2.15. The van der Waals surface area contributed by atoms with Crippen molar-refractivity contribution in [3.8, 4) is 0 Å². The second-order valence-corrected chi connectivity index (χ2v) is 5.01. The van der Waals surface area contributed by atoms with Gasteiger partial charge in [-0.15, -0.1) is 0 Å². The summed E-state index contributed by atoms with van der Waals surface area (Å²) in [7, 11) is 0. The molecule has 21 heavy (non-hydrogen) atoms. The SMILES string of the molecule is O=C(Cn1ccc(=O)c([N+](=O)[O-])c1)c1cc(Cl)ccc1Cl. The average molecular weight is 327 g/mol. The third-order valence-electron chi connectivity index (χ3n) is 2.71. The molecule has 0 saturated carbocycles. The van der Waals surface area contributed by atoms with Gasteiger partial charge >= 0.3 is 5.69 Å². The van der Waals surface area contributed by atoms with E-state index in [0.29, 0.717) is 5.02 Å². The van der Waals surface area contributed by atoms with E-state index in [9.17, 15) is 19.7 Å². The monoisotopic (exact) mass is 326 g/mol. The van der Waals surface area contributed by atoms with E-state index in [1.165, 1.54) is 22.9 Å². The number of hydrogen-bond acceptors (Lipinski definition) is 4. The van der Waals surface area contributed by atoms with Crippen LogP contribution in [0.4, 0.5) is 5.69 Å². The first kappa shape index (κ1) is 15.2. The lowest BCUT2D eigenvalue weighted by Crippen LogP contribution is -2.15. The van der Waals surface area contributed by atoms with Crippen molar-refractivity contribution in [2.45, 2.75) is 6.54 Å². The van der Waals surface area contributed by atoms with Crippen molar-refractivity contribution in [3.05, 3.63) is 72.6 Å². The van der Waals surface area contributed by atoms with Gasteiger partial charge in [-0.1, -0.05) is 23.2 Å². The zero-order valence-corrected chi connectivity index (χ0v) is 12.0. The smallest absolute Gasteiger partial charge is 0.332 e. The number of rotatable bonds is 4. The largest absolute Gasteiger partial charge is 0.340 e. The zero-order chi connectivity index (χ0) is 15.6. The summed E-state index contributed by atoms with van der Waals surface area (Å²) in [5.41, 5.74) is -1.10. The molecule has 0 aliphatic carbocycles. The number of hydrogen-bond donors (Lipinski definition) is 0. The number of carbonyl (C=O) groups excluding carboxylic acids is 1. The fourth-order valence-electron chi connectivity index (χ4n) is 1.71. The number of pyridine rings is 1. The molecule has 0 amide bonds. The zero-order valence-electron chi connectivity index (χ0n) is 10.5. The van der Waals surface area contributed by atoms with Crippen LogP contribution in [0.15, 0.2) is 41.5 Å². The van der Waals surface area contributed by atoms with E-state index in [2.05, 4.69) is 0 Å². The Bertz CT molecular complexity index is 786. The van der Waals surface area contributed by atoms with Crippen LogP contribution in [0.1, 0.15) is 10.4 Å². The molecule has 0 atom stereocenters. The van der Waals surface area contributed by atoms with Crippen LogP contribution < -0.4 is 5.43 Å². The van der Waals surface area contributed by atoms with Crippen LogP contribution in [0.5, 0.6) is 0 Å². The Hall–Kier alpha value is -2.18. The van der Waals surface area contributed by atoms with E-state index in [1.54, 1.807) is 6.07 Å². The van der Waals surface area contributed by atoms with Crippen LogP contribution in [0.25, 0.3) is 0 Å². The molecular formula is C13H8Cl2N2O4. The molecule has 0 N–H and O–H groups in total. The van der Waals surface area contributed by atoms with Crippen molar-refractivity contribution in [1.82, 2.24) is 4.57 Å². The quantitative estimate of drug-likeness (QED) is 0.491. The minimum Gasteiger partial charge on any atom is -0.340 e. The number of aromatic nitrogens is 1. The summed E-state index contributed by atoms with van der Waals surface area (Å²) in [5.74, 6) is -0.375. The van der Waals surface area contributed by atoms with Gasteiger partial charge in [0.2, 0.25) is 0 Å². The number of benzene rings is 1. The first-order chi connectivity index (χ1) is 9.88. The maximum atomic E-state index is 12.1. The van der Waals surface area contributed by atoms with Gasteiger partial charge in [0.05, 0.1) is 22.7 Å². The fraction of sp³-hybridized carbons (Fsp3) is 0.0769. The lowest BCUT2D eigenvalue weighted by Gasteiger charge is -2.07. The second kappa shape index (κ2) is 6.07. The Kier molecular flexibility index (Phi) is 4.40. The molecule has 1 aromatic heterocycles. The van der Waals surface area contributed by atoms with Crippen LogP contribution in [-0.2, 0) is 6.54 Å². The molecule has 0 aliphatic heterocycles. The van der Waals surface area contributed by atoms with Crippen molar-refractivity contribution in [2.24, 2.45) is 0 Å². The van der Waals surface area contributed by atoms with Crippen LogP contribution in [0.3, 0.4) is 0 Å². The number of halogens is 2. The highest BCUT2D eigenvalue weighted by Crippen LogP contribution is 2.21. The number of ketones is 1. The standard InChI is InChI=1S/C13H8Cl2N2O4/c14-8-1-2-10(15)9(5-8)13(19)7-16-4-3-12(18)11(6-16)17(20)21/h1-6H,7H2. The topological polar surface area (TPSA) is 82.2 Å². The van der Waals surface area contributed by atoms with Gasteiger partial charge in [-0.3, -0.25) is 19.7 Å². The van der Waals surface area contributed by atoms with Gasteiger partial charge in [0.15, 0.2) is 5.78 Å². The Morgan fingerprint density at radius 2 is 2.00 bits per heavy atom. The van der Waals surface area contributed by atoms with Crippen LogP contribution >= 0.6 is 23.2 Å². The molecule has 108 valence electrons. The predicted molar refractivity (Wildman–Crippen MR) is 78.1 cm³/mol. The van der Waals surface area contributed by atoms with Gasteiger partial charge < -0.3 is 4.57 Å². The highest BCUT2D eigenvalue weighted by atomic mass is 35.5. The lowest BCUT2D eigenvalue weighted by molar-refractivity contribution is -0.386. The predicted octanol–water partition coefficient (Wildman–Crippen LogP) is 2.95. The molecule has 1 aromatic carbocycles. The molecule has 0 saturated heterocycles. The average Bonchev–Trinajstić information content (AvgIpc) is 2.43. The Morgan fingerprint density at radius 3 is 2.67 bits per heavy atom. The van der Waals surface area contributed by atoms with Gasteiger partial charge in [0, 0.05) is 22.8 Å². The van der Waals surface area contributed by atoms with E-state index < -0.39 is 16.0 Å². The van der Waals surface area contributed by atoms with E-state index in [0.717, 1.165) is 12.3 Å². The van der Waals surface area contributed by atoms with E-state index >= 15 is 0 Å². The van der Waals surface area contributed by atoms with Crippen LogP contribution in [0.2, 0.25) is 10.0 Å². The molecule has 0 unspecified atom stereocenters. The fourth-order valence-corrected chi connectivity index (χ4v) is 2.11. The molecule has 1 heterocycles. The van der Waals surface area contributed by atoms with Gasteiger partial charge in [-0.25, -0.2) is 0 Å². The van der Waals surface area contributed by atoms with E-state index in [1.807, 2.05) is 0 Å². The van der Waals surface area contributed by atoms with Crippen molar-refractivity contribution in [1.29, 1.82) is 0 Å². The molecule has 0 fully saturated rings. The van der Waals surface area contributed by atoms with Crippen LogP contribution in [-0.4, -0.2) is 15.3 Å². The van der Waals surface area contributed by atoms with Gasteiger partial charge in [-0.05, 0) is 18.2 Å². The summed E-state index contributed by atoms with van der Waals surface area (Å²) in [5, 5.41) is 11.3. The highest BCUT2D eigenvalue weighted by molar-refractivity contribution is 6.35. The number of Topliss-reactive ketones (excluding diaryl/α,β-unsaturated/α-hetero) is 1. The first-order valence-corrected chi connectivity index (χ1v) is 6.47. The minimum atomic E-state index is -0.796. The number of nitrogens with zero attached hydrogens (tertiary/aromatic N) is 2. The molecule has 2 aromatic rings. The Morgan fingerprint density at radius 1 is 1.29 bits per heavy atom. The summed E-state index contributed by atoms with van der Waals surface area (Å²) in [6.07, 6.45) is 2.31. The molecule has 0 aliphatic rings. The molecular weight excluding hydrogens is 319 g/mol. The van der Waals surface area contributed by atoms with Crippen LogP contribution in [0, 0.1) is 10.1 Å². The van der Waals surface area contributed by atoms with Gasteiger partial charge in [0.1, 0.15) is 0 Å². The van der Waals surface area contributed by atoms with Crippen molar-refractivity contribution in [3.63, 3.8) is 0 Å². The number of nitro groups is 1. The molecule has 8 heteroatoms. The normalized spacial score (nSPS) is 10.4. The first-order valence-electron chi connectivity index (χ1n) is 5.71. The third kappa shape index (κ3) is 3.48. The second-order valence-electron chi connectivity index (χ2n) is 4.17. The van der Waals surface area contributed by atoms with Crippen molar-refractivity contribution >= 4 is 34.7 Å². The Labute approximate surface area is 128 Å². The maximum absolute atomic E-state index is 12.1. The summed E-state index contributed by atoms with van der Waals surface area (Å²) in [4.78, 5) is 33.3. The molecule has 0 radical (unpaired) electrons. The summed E-state index contributed by atoms with van der Waals surface area (Å²) < 4.78 is 1.25. The van der Waals surface area contributed by atoms with Gasteiger partial charge in [-0.2, -0.15) is 0 Å².